The molecule has 0 saturated carbocycles. The monoisotopic (exact) mass is 681 g/mol. The molecule has 4 atom stereocenters. The van der Waals surface area contributed by atoms with Crippen molar-refractivity contribution < 1.29 is 24.2 Å². The summed E-state index contributed by atoms with van der Waals surface area (Å²) >= 11 is 1.12. The maximum atomic E-state index is 13.3. The smallest absolute Gasteiger partial charge is 0.330 e. The molecule has 5 aromatic rings. The summed E-state index contributed by atoms with van der Waals surface area (Å²) < 4.78 is 20.0. The zero-order chi connectivity index (χ0) is 34.6. The van der Waals surface area contributed by atoms with Crippen molar-refractivity contribution in [1.29, 1.82) is 0 Å². The Bertz CT molecular complexity index is 1970. The van der Waals surface area contributed by atoms with Crippen LogP contribution in [0.2, 0.25) is 0 Å². The summed E-state index contributed by atoms with van der Waals surface area (Å²) in [6.07, 6.45) is -1.29. The molecule has 2 heterocycles. The highest BCUT2D eigenvalue weighted by Crippen LogP contribution is 2.49. The van der Waals surface area contributed by atoms with Gasteiger partial charge in [-0.25, -0.2) is 4.79 Å². The predicted octanol–water partition coefficient (Wildman–Crippen LogP) is 4.93. The summed E-state index contributed by atoms with van der Waals surface area (Å²) in [4.78, 5) is 41.2. The van der Waals surface area contributed by atoms with Gasteiger partial charge in [0, 0.05) is 21.6 Å². The van der Waals surface area contributed by atoms with Gasteiger partial charge in [0.25, 0.3) is 11.1 Å². The van der Waals surface area contributed by atoms with E-state index in [4.69, 9.17) is 14.2 Å². The zero-order valence-corrected chi connectivity index (χ0v) is 27.6. The highest BCUT2D eigenvalue weighted by atomic mass is 32.2. The number of aromatic amines is 1. The molecule has 1 aliphatic heterocycles. The number of aliphatic hydroxyl groups is 1. The lowest BCUT2D eigenvalue weighted by Gasteiger charge is -2.37. The van der Waals surface area contributed by atoms with E-state index in [9.17, 15) is 24.8 Å². The third-order valence-corrected chi connectivity index (χ3v) is 10.4. The Morgan fingerprint density at radius 2 is 1.47 bits per heavy atom. The van der Waals surface area contributed by atoms with Gasteiger partial charge in [0.1, 0.15) is 23.2 Å². The molecule has 4 aromatic carbocycles. The number of nitro groups is 1. The molecule has 1 aromatic heterocycles. The van der Waals surface area contributed by atoms with E-state index in [-0.39, 0.29) is 12.2 Å². The highest BCUT2D eigenvalue weighted by Gasteiger charge is 2.67. The molecule has 2 N–H and O–H groups in total. The van der Waals surface area contributed by atoms with Gasteiger partial charge in [0.15, 0.2) is 12.3 Å². The molecule has 6 rings (SSSR count). The number of rotatable bonds is 12. The third-order valence-electron chi connectivity index (χ3n) is 8.94. The molecular weight excluding hydrogens is 646 g/mol. The Labute approximate surface area is 286 Å². The van der Waals surface area contributed by atoms with Crippen LogP contribution in [-0.4, -0.2) is 56.8 Å². The SMILES string of the molecule is COc1ccc(C(OC[C@H]2O[C@@H](n3cc(C)c(=O)[nH]c3=O)[C@H](Sc3ccccc3)[C@@]2(CO)[N+](=O)[O-])(c2ccccc2)c2ccccc2)cc1. The van der Waals surface area contributed by atoms with Crippen LogP contribution in [0.15, 0.2) is 136 Å². The largest absolute Gasteiger partial charge is 0.497 e. The minimum atomic E-state index is -2.15. The summed E-state index contributed by atoms with van der Waals surface area (Å²) in [7, 11) is 1.58. The van der Waals surface area contributed by atoms with E-state index in [0.717, 1.165) is 33.0 Å². The van der Waals surface area contributed by atoms with Crippen LogP contribution < -0.4 is 16.0 Å². The highest BCUT2D eigenvalue weighted by molar-refractivity contribution is 8.00. The molecule has 0 aliphatic carbocycles. The van der Waals surface area contributed by atoms with Crippen LogP contribution in [0.1, 0.15) is 28.5 Å². The number of nitrogens with zero attached hydrogens (tertiary/aromatic N) is 2. The van der Waals surface area contributed by atoms with E-state index in [1.54, 1.807) is 31.4 Å². The first-order valence-electron chi connectivity index (χ1n) is 15.6. The number of methoxy groups -OCH3 is 1. The Kier molecular flexibility index (Phi) is 9.84. The first-order valence-corrected chi connectivity index (χ1v) is 16.5. The van der Waals surface area contributed by atoms with E-state index in [1.165, 1.54) is 13.1 Å². The third kappa shape index (κ3) is 6.19. The number of thioether (sulfide) groups is 1. The molecule has 12 heteroatoms. The van der Waals surface area contributed by atoms with Gasteiger partial charge in [-0.1, -0.05) is 91.0 Å². The van der Waals surface area contributed by atoms with Crippen LogP contribution >= 0.6 is 11.8 Å². The van der Waals surface area contributed by atoms with Crippen molar-refractivity contribution in [2.75, 3.05) is 20.3 Å². The maximum absolute atomic E-state index is 13.3. The second kappa shape index (κ2) is 14.2. The lowest BCUT2D eigenvalue weighted by Crippen LogP contribution is -2.58. The molecule has 1 saturated heterocycles. The molecule has 0 spiro atoms. The van der Waals surface area contributed by atoms with Crippen molar-refractivity contribution in [1.82, 2.24) is 9.55 Å². The first-order chi connectivity index (χ1) is 23.7. The minimum absolute atomic E-state index is 0.216. The van der Waals surface area contributed by atoms with Crippen LogP contribution in [0.4, 0.5) is 0 Å². The van der Waals surface area contributed by atoms with E-state index in [1.807, 2.05) is 91.0 Å². The fraction of sp³-hybridized carbons (Fsp3) is 0.243. The number of hydrogen-bond donors (Lipinski definition) is 2. The van der Waals surface area contributed by atoms with Crippen molar-refractivity contribution in [3.63, 3.8) is 0 Å². The summed E-state index contributed by atoms with van der Waals surface area (Å²) in [5, 5.41) is 23.2. The lowest BCUT2D eigenvalue weighted by molar-refractivity contribution is -0.578. The number of aromatic nitrogens is 2. The topological polar surface area (TPSA) is 146 Å². The van der Waals surface area contributed by atoms with Crippen LogP contribution in [0, 0.1) is 17.0 Å². The second-order valence-corrected chi connectivity index (χ2v) is 12.9. The summed E-state index contributed by atoms with van der Waals surface area (Å²) in [5.74, 6) is 0.635. The summed E-state index contributed by atoms with van der Waals surface area (Å²) in [6.45, 7) is 0.245. The normalized spacial score (nSPS) is 20.6. The van der Waals surface area contributed by atoms with E-state index in [0.29, 0.717) is 10.6 Å². The van der Waals surface area contributed by atoms with Gasteiger partial charge >= 0.3 is 5.69 Å². The van der Waals surface area contributed by atoms with Crippen molar-refractivity contribution in [3.8, 4) is 5.75 Å². The number of benzene rings is 4. The van der Waals surface area contributed by atoms with E-state index < -0.39 is 51.5 Å². The standard InChI is InChI=1S/C37H35N3O8S/c1-25-22-39(35(43)38-33(25)42)34-32(49-30-16-10-5-11-17-30)36(24-41,40(44)45)31(48-34)23-47-37(26-12-6-3-7-13-26,27-14-8-4-9-15-27)28-18-20-29(46-2)21-19-28/h3-22,31-32,34,41H,23-24H2,1-2H3,(H,38,42,43)/t31-,32+,34-,36+/m1/s1. The van der Waals surface area contributed by atoms with E-state index in [2.05, 4.69) is 4.98 Å². The van der Waals surface area contributed by atoms with Crippen molar-refractivity contribution in [2.24, 2.45) is 0 Å². The number of hydrogen-bond acceptors (Lipinski definition) is 9. The number of ether oxygens (including phenoxy) is 3. The van der Waals surface area contributed by atoms with Gasteiger partial charge < -0.3 is 19.3 Å². The van der Waals surface area contributed by atoms with Gasteiger partial charge in [-0.3, -0.25) is 24.5 Å². The first kappa shape index (κ1) is 33.9. The Balaban J connectivity index is 1.51. The van der Waals surface area contributed by atoms with Crippen LogP contribution in [-0.2, 0) is 15.1 Å². The molecule has 11 nitrogen and oxygen atoms in total. The van der Waals surface area contributed by atoms with Crippen molar-refractivity contribution in [3.05, 3.63) is 175 Å². The molecule has 0 unspecified atom stereocenters. The Morgan fingerprint density at radius 3 is 2.00 bits per heavy atom. The molecule has 1 fully saturated rings. The van der Waals surface area contributed by atoms with Gasteiger partial charge in [0.05, 0.1) is 13.7 Å². The van der Waals surface area contributed by atoms with E-state index >= 15 is 0 Å². The molecule has 1 aliphatic rings. The average Bonchev–Trinajstić information content (AvgIpc) is 3.45. The van der Waals surface area contributed by atoms with Gasteiger partial charge in [-0.15, -0.1) is 11.8 Å². The molecule has 49 heavy (non-hydrogen) atoms. The maximum Gasteiger partial charge on any atom is 0.330 e. The minimum Gasteiger partial charge on any atom is -0.497 e. The van der Waals surface area contributed by atoms with Crippen LogP contribution in [0.25, 0.3) is 0 Å². The molecule has 0 radical (unpaired) electrons. The van der Waals surface area contributed by atoms with Crippen LogP contribution in [0.5, 0.6) is 5.75 Å². The van der Waals surface area contributed by atoms with Crippen molar-refractivity contribution >= 4 is 11.8 Å². The average molecular weight is 682 g/mol. The summed E-state index contributed by atoms with van der Waals surface area (Å²) in [5.41, 5.74) is -2.37. The molecule has 0 bridgehead atoms. The Morgan fingerprint density at radius 1 is 0.918 bits per heavy atom. The summed E-state index contributed by atoms with van der Waals surface area (Å²) in [6, 6.07) is 35.3. The van der Waals surface area contributed by atoms with Crippen molar-refractivity contribution in [2.45, 2.75) is 40.5 Å². The zero-order valence-electron chi connectivity index (χ0n) is 26.8. The van der Waals surface area contributed by atoms with Gasteiger partial charge in [-0.05, 0) is 47.9 Å². The second-order valence-electron chi connectivity index (χ2n) is 11.7. The lowest BCUT2D eigenvalue weighted by atomic mass is 9.80. The number of nitrogens with one attached hydrogen (secondary N) is 1. The predicted molar refractivity (Wildman–Crippen MR) is 185 cm³/mol. The number of aryl methyl sites for hydroxylation is 1. The Hall–Kier alpha value is -5.01. The van der Waals surface area contributed by atoms with Crippen LogP contribution in [0.3, 0.4) is 0 Å². The molecule has 252 valence electrons. The molecular formula is C37H35N3O8S. The fourth-order valence-corrected chi connectivity index (χ4v) is 7.79. The number of aliphatic hydroxyl groups excluding tert-OH is 1. The van der Waals surface area contributed by atoms with Gasteiger partial charge in [-0.2, -0.15) is 0 Å². The quantitative estimate of drug-likeness (QED) is 0.106. The number of H-pyrrole nitrogens is 1. The fourth-order valence-electron chi connectivity index (χ4n) is 6.36. The molecule has 0 amide bonds. The van der Waals surface area contributed by atoms with Gasteiger partial charge in [0.2, 0.25) is 0 Å².